The topological polar surface area (TPSA) is 68.3 Å². The number of hydrogen-bond donors (Lipinski definition) is 1. The first kappa shape index (κ1) is 16.3. The van der Waals surface area contributed by atoms with Crippen LogP contribution >= 0.6 is 0 Å². The van der Waals surface area contributed by atoms with Crippen LogP contribution < -0.4 is 9.46 Å². The van der Waals surface area contributed by atoms with Crippen molar-refractivity contribution in [3.63, 3.8) is 0 Å². The highest BCUT2D eigenvalue weighted by molar-refractivity contribution is 7.91. The minimum absolute atomic E-state index is 0.0970. The highest BCUT2D eigenvalue weighted by Crippen LogP contribution is 2.28. The fraction of sp³-hybridized carbons (Fsp3) is 0.167. The highest BCUT2D eigenvalue weighted by atomic mass is 32.2. The van der Waals surface area contributed by atoms with E-state index in [0.717, 1.165) is 16.5 Å². The zero-order valence-electron chi connectivity index (χ0n) is 13.5. The molecule has 6 heteroatoms. The van der Waals surface area contributed by atoms with E-state index in [2.05, 4.69) is 9.71 Å². The van der Waals surface area contributed by atoms with Gasteiger partial charge in [0.1, 0.15) is 5.75 Å². The van der Waals surface area contributed by atoms with E-state index in [4.69, 9.17) is 4.74 Å². The summed E-state index contributed by atoms with van der Waals surface area (Å²) in [4.78, 5) is 4.28. The van der Waals surface area contributed by atoms with Gasteiger partial charge in [-0.1, -0.05) is 35.9 Å². The van der Waals surface area contributed by atoms with Gasteiger partial charge in [0, 0.05) is 17.6 Å². The Balaban J connectivity index is 1.96. The zero-order chi connectivity index (χ0) is 17.2. The summed E-state index contributed by atoms with van der Waals surface area (Å²) in [7, 11) is -2.02. The van der Waals surface area contributed by atoms with Crippen molar-refractivity contribution in [3.05, 3.63) is 65.9 Å². The number of pyridine rings is 1. The molecule has 5 nitrogen and oxygen atoms in total. The van der Waals surface area contributed by atoms with E-state index < -0.39 is 10.0 Å². The van der Waals surface area contributed by atoms with Crippen LogP contribution in [-0.2, 0) is 15.8 Å². The molecule has 1 aromatic heterocycles. The van der Waals surface area contributed by atoms with Crippen molar-refractivity contribution < 1.29 is 13.2 Å². The van der Waals surface area contributed by atoms with Crippen molar-refractivity contribution in [2.24, 2.45) is 0 Å². The van der Waals surface area contributed by atoms with Crippen LogP contribution in [0.25, 0.3) is 10.9 Å². The fourth-order valence-corrected chi connectivity index (χ4v) is 3.77. The molecular weight excluding hydrogens is 324 g/mol. The van der Waals surface area contributed by atoms with Crippen LogP contribution in [0, 0.1) is 6.92 Å². The molecule has 0 saturated heterocycles. The third kappa shape index (κ3) is 3.65. The van der Waals surface area contributed by atoms with Crippen molar-refractivity contribution in [3.8, 4) is 5.75 Å². The van der Waals surface area contributed by atoms with Gasteiger partial charge in [-0.25, -0.2) is 8.42 Å². The number of aromatic nitrogens is 1. The van der Waals surface area contributed by atoms with E-state index in [1.54, 1.807) is 31.5 Å². The lowest BCUT2D eigenvalue weighted by molar-refractivity contribution is 0.415. The first-order valence-corrected chi connectivity index (χ1v) is 9.11. The van der Waals surface area contributed by atoms with E-state index in [1.807, 2.05) is 37.3 Å². The van der Waals surface area contributed by atoms with Crippen molar-refractivity contribution >= 4 is 26.6 Å². The standard InChI is InChI=1S/C18H18N2O3S/c1-13-5-3-6-14(9-13)12-24(21,22)20-17-11-16(23-2)10-15-7-4-8-19-18(15)17/h3-11,20H,12H2,1-2H3. The largest absolute Gasteiger partial charge is 0.497 e. The Hall–Kier alpha value is -2.60. The lowest BCUT2D eigenvalue weighted by atomic mass is 10.2. The van der Waals surface area contributed by atoms with Crippen LogP contribution in [0.2, 0.25) is 0 Å². The number of hydrogen-bond acceptors (Lipinski definition) is 4. The quantitative estimate of drug-likeness (QED) is 0.770. The molecule has 0 radical (unpaired) electrons. The number of nitrogens with zero attached hydrogens (tertiary/aromatic N) is 1. The highest BCUT2D eigenvalue weighted by Gasteiger charge is 2.15. The Bertz CT molecular complexity index is 984. The molecule has 3 rings (SSSR count). The third-order valence-electron chi connectivity index (χ3n) is 3.62. The molecule has 0 fully saturated rings. The van der Waals surface area contributed by atoms with Crippen molar-refractivity contribution in [1.82, 2.24) is 4.98 Å². The van der Waals surface area contributed by atoms with Gasteiger partial charge < -0.3 is 4.74 Å². The Labute approximate surface area is 141 Å². The predicted octanol–water partition coefficient (Wildman–Crippen LogP) is 3.49. The molecule has 1 N–H and O–H groups in total. The number of anilines is 1. The van der Waals surface area contributed by atoms with Gasteiger partial charge in [-0.15, -0.1) is 0 Å². The van der Waals surface area contributed by atoms with Gasteiger partial charge in [-0.2, -0.15) is 0 Å². The Morgan fingerprint density at radius 2 is 1.96 bits per heavy atom. The molecule has 0 saturated carbocycles. The molecule has 0 aliphatic rings. The summed E-state index contributed by atoms with van der Waals surface area (Å²) in [6.45, 7) is 1.93. The molecular formula is C18H18N2O3S. The number of nitrogens with one attached hydrogen (secondary N) is 1. The van der Waals surface area contributed by atoms with Crippen LogP contribution in [0.4, 0.5) is 5.69 Å². The molecule has 1 heterocycles. The first-order valence-electron chi connectivity index (χ1n) is 7.46. The fourth-order valence-electron chi connectivity index (χ4n) is 2.59. The molecule has 0 spiro atoms. The molecule has 0 aliphatic heterocycles. The second-order valence-electron chi connectivity index (χ2n) is 5.60. The van der Waals surface area contributed by atoms with Gasteiger partial charge in [-0.3, -0.25) is 9.71 Å². The predicted molar refractivity (Wildman–Crippen MR) is 95.7 cm³/mol. The number of ether oxygens (including phenoxy) is 1. The lowest BCUT2D eigenvalue weighted by Gasteiger charge is -2.12. The second-order valence-corrected chi connectivity index (χ2v) is 7.32. The maximum Gasteiger partial charge on any atom is 0.236 e. The average molecular weight is 342 g/mol. The summed E-state index contributed by atoms with van der Waals surface area (Å²) in [6, 6.07) is 14.6. The van der Waals surface area contributed by atoms with E-state index in [9.17, 15) is 8.42 Å². The average Bonchev–Trinajstić information content (AvgIpc) is 2.54. The summed E-state index contributed by atoms with van der Waals surface area (Å²) in [5.74, 6) is 0.476. The van der Waals surface area contributed by atoms with Crippen LogP contribution in [0.3, 0.4) is 0 Å². The molecule has 0 aliphatic carbocycles. The number of sulfonamides is 1. The van der Waals surface area contributed by atoms with Gasteiger partial charge in [0.05, 0.1) is 24.1 Å². The number of methoxy groups -OCH3 is 1. The summed E-state index contributed by atoms with van der Waals surface area (Å²) < 4.78 is 33.0. The summed E-state index contributed by atoms with van der Waals surface area (Å²) in [5.41, 5.74) is 2.77. The number of benzene rings is 2. The van der Waals surface area contributed by atoms with Crippen LogP contribution in [0.1, 0.15) is 11.1 Å². The minimum Gasteiger partial charge on any atom is -0.497 e. The van der Waals surface area contributed by atoms with Gasteiger partial charge >= 0.3 is 0 Å². The van der Waals surface area contributed by atoms with E-state index in [1.165, 1.54) is 0 Å². The number of rotatable bonds is 5. The summed E-state index contributed by atoms with van der Waals surface area (Å²) in [6.07, 6.45) is 1.63. The molecule has 24 heavy (non-hydrogen) atoms. The molecule has 2 aromatic carbocycles. The maximum atomic E-state index is 12.5. The summed E-state index contributed by atoms with van der Waals surface area (Å²) in [5, 5.41) is 0.810. The number of fused-ring (bicyclic) bond motifs is 1. The zero-order valence-corrected chi connectivity index (χ0v) is 14.3. The maximum absolute atomic E-state index is 12.5. The molecule has 0 unspecified atom stereocenters. The monoisotopic (exact) mass is 342 g/mol. The van der Waals surface area contributed by atoms with Crippen LogP contribution in [-0.4, -0.2) is 20.5 Å². The SMILES string of the molecule is COc1cc(NS(=O)(=O)Cc2cccc(C)c2)c2ncccc2c1. The van der Waals surface area contributed by atoms with E-state index in [-0.39, 0.29) is 5.75 Å². The van der Waals surface area contributed by atoms with Crippen LogP contribution in [0.15, 0.2) is 54.7 Å². The third-order valence-corrected chi connectivity index (χ3v) is 4.86. The number of aryl methyl sites for hydroxylation is 1. The summed E-state index contributed by atoms with van der Waals surface area (Å²) >= 11 is 0. The molecule has 124 valence electrons. The van der Waals surface area contributed by atoms with Gasteiger partial charge in [-0.05, 0) is 24.6 Å². The van der Waals surface area contributed by atoms with Gasteiger partial charge in [0.25, 0.3) is 0 Å². The van der Waals surface area contributed by atoms with Crippen LogP contribution in [0.5, 0.6) is 5.75 Å². The Morgan fingerprint density at radius 3 is 2.71 bits per heavy atom. The van der Waals surface area contributed by atoms with E-state index >= 15 is 0 Å². The normalized spacial score (nSPS) is 11.4. The van der Waals surface area contributed by atoms with Crippen molar-refractivity contribution in [2.75, 3.05) is 11.8 Å². The lowest BCUT2D eigenvalue weighted by Crippen LogP contribution is -2.15. The van der Waals surface area contributed by atoms with E-state index in [0.29, 0.717) is 17.0 Å². The van der Waals surface area contributed by atoms with Gasteiger partial charge in [0.2, 0.25) is 10.0 Å². The minimum atomic E-state index is -3.57. The Morgan fingerprint density at radius 1 is 1.12 bits per heavy atom. The molecule has 0 amide bonds. The molecule has 0 atom stereocenters. The second kappa shape index (κ2) is 6.49. The smallest absolute Gasteiger partial charge is 0.236 e. The van der Waals surface area contributed by atoms with Crippen molar-refractivity contribution in [1.29, 1.82) is 0 Å². The van der Waals surface area contributed by atoms with Gasteiger partial charge in [0.15, 0.2) is 0 Å². The first-order chi connectivity index (χ1) is 11.5. The van der Waals surface area contributed by atoms with Crippen molar-refractivity contribution in [2.45, 2.75) is 12.7 Å². The molecule has 0 bridgehead atoms. The molecule has 3 aromatic rings. The Kier molecular flexibility index (Phi) is 4.40.